The Bertz CT molecular complexity index is 1370. The molecular weight excluding hydrogens is 452 g/mol. The highest BCUT2D eigenvalue weighted by Gasteiger charge is 2.25. The Labute approximate surface area is 200 Å². The summed E-state index contributed by atoms with van der Waals surface area (Å²) in [6, 6.07) is 15.0. The molecule has 2 heterocycles. The minimum atomic E-state index is -1.14. The second kappa shape index (κ2) is 9.00. The predicted octanol–water partition coefficient (Wildman–Crippen LogP) is 6.32. The summed E-state index contributed by atoms with van der Waals surface area (Å²) >= 11 is 2.41. The summed E-state index contributed by atoms with van der Waals surface area (Å²) in [7, 11) is 0. The highest BCUT2D eigenvalue weighted by molar-refractivity contribution is 7.12. The number of fused-ring (bicyclic) bond motifs is 1. The van der Waals surface area contributed by atoms with Gasteiger partial charge in [0.15, 0.2) is 5.78 Å². The molecule has 4 rings (SSSR count). The number of ketones is 1. The highest BCUT2D eigenvalue weighted by Crippen LogP contribution is 2.30. The van der Waals surface area contributed by atoms with Gasteiger partial charge >= 0.3 is 5.97 Å². The normalized spacial score (nSPS) is 12.6. The molecule has 0 fully saturated rings. The number of rotatable bonds is 6. The van der Waals surface area contributed by atoms with Crippen LogP contribution >= 0.6 is 23.1 Å². The average Bonchev–Trinajstić information content (AvgIpc) is 3.40. The van der Waals surface area contributed by atoms with Gasteiger partial charge in [0.1, 0.15) is 11.0 Å². The number of allylic oxidation sites excluding steroid dienone is 1. The lowest BCUT2D eigenvalue weighted by atomic mass is 9.85. The summed E-state index contributed by atoms with van der Waals surface area (Å²) in [6.07, 6.45) is 0.217. The number of thiophene rings is 1. The second-order valence-electron chi connectivity index (χ2n) is 9.07. The van der Waals surface area contributed by atoms with E-state index in [1.54, 1.807) is 18.2 Å². The minimum absolute atomic E-state index is 0.000788. The molecule has 0 amide bonds. The van der Waals surface area contributed by atoms with Crippen molar-refractivity contribution >= 4 is 51.4 Å². The van der Waals surface area contributed by atoms with E-state index in [4.69, 9.17) is 0 Å². The van der Waals surface area contributed by atoms with Crippen LogP contribution in [-0.4, -0.2) is 25.6 Å². The molecule has 4 aromatic rings. The van der Waals surface area contributed by atoms with Gasteiger partial charge in [0.05, 0.1) is 22.2 Å². The van der Waals surface area contributed by atoms with E-state index in [9.17, 15) is 14.7 Å². The number of carboxylic acid groups (broad SMARTS) is 1. The molecule has 0 bridgehead atoms. The van der Waals surface area contributed by atoms with Crippen LogP contribution in [0, 0.1) is 6.92 Å². The third-order valence-corrected chi connectivity index (χ3v) is 7.09. The second-order valence-corrected chi connectivity index (χ2v) is 10.5. The monoisotopic (exact) mass is 476 g/mol. The average molecular weight is 477 g/mol. The van der Waals surface area contributed by atoms with E-state index < -0.39 is 5.97 Å². The number of carboxylic acids is 1. The molecule has 2 aromatic carbocycles. The summed E-state index contributed by atoms with van der Waals surface area (Å²) in [5.41, 5.74) is 5.07. The lowest BCUT2D eigenvalue weighted by Gasteiger charge is -2.19. The highest BCUT2D eigenvalue weighted by atomic mass is 32.1. The zero-order chi connectivity index (χ0) is 23.8. The molecular formula is C26H24N2O3S2. The lowest BCUT2D eigenvalue weighted by molar-refractivity contribution is -0.130. The maximum absolute atomic E-state index is 13.6. The van der Waals surface area contributed by atoms with E-state index in [2.05, 4.69) is 29.5 Å². The van der Waals surface area contributed by atoms with E-state index >= 15 is 0 Å². The van der Waals surface area contributed by atoms with Crippen LogP contribution in [0.4, 0.5) is 0 Å². The van der Waals surface area contributed by atoms with Crippen LogP contribution in [0.3, 0.4) is 0 Å². The van der Waals surface area contributed by atoms with Crippen LogP contribution in [0.5, 0.6) is 0 Å². The van der Waals surface area contributed by atoms with Gasteiger partial charge in [-0.15, -0.1) is 11.3 Å². The first kappa shape index (κ1) is 23.0. The van der Waals surface area contributed by atoms with Crippen LogP contribution < -0.4 is 0 Å². The number of nitrogens with zero attached hydrogens (tertiary/aromatic N) is 2. The Hall–Kier alpha value is -3.16. The SMILES string of the molecule is Cc1csc(C(=O)C(Cc2ccc(C(C)(C)C)cc2)=C(C(=O)O)c2ccc3nsnc3c2)c1. The maximum atomic E-state index is 13.6. The summed E-state index contributed by atoms with van der Waals surface area (Å²) in [4.78, 5) is 26.6. The van der Waals surface area contributed by atoms with Crippen molar-refractivity contribution < 1.29 is 14.7 Å². The van der Waals surface area contributed by atoms with Crippen molar-refractivity contribution in [3.63, 3.8) is 0 Å². The molecule has 168 valence electrons. The predicted molar refractivity (Wildman–Crippen MR) is 134 cm³/mol. The molecule has 1 N–H and O–H groups in total. The zero-order valence-electron chi connectivity index (χ0n) is 18.9. The number of aryl methyl sites for hydroxylation is 1. The molecule has 0 aliphatic rings. The molecule has 0 radical (unpaired) electrons. The van der Waals surface area contributed by atoms with Gasteiger partial charge in [0.2, 0.25) is 0 Å². The Morgan fingerprint density at radius 1 is 0.970 bits per heavy atom. The van der Waals surface area contributed by atoms with Crippen molar-refractivity contribution in [3.8, 4) is 0 Å². The molecule has 0 saturated carbocycles. The van der Waals surface area contributed by atoms with Gasteiger partial charge in [-0.3, -0.25) is 4.79 Å². The van der Waals surface area contributed by atoms with E-state index in [1.807, 2.05) is 42.6 Å². The summed E-state index contributed by atoms with van der Waals surface area (Å²) < 4.78 is 8.43. The van der Waals surface area contributed by atoms with Crippen molar-refractivity contribution in [2.24, 2.45) is 0 Å². The molecule has 7 heteroatoms. The molecule has 0 unspecified atom stereocenters. The fourth-order valence-corrected chi connectivity index (χ4v) is 5.05. The Balaban J connectivity index is 1.86. The number of hydrogen-bond acceptors (Lipinski definition) is 6. The van der Waals surface area contributed by atoms with Gasteiger partial charge in [0.25, 0.3) is 0 Å². The fourth-order valence-electron chi connectivity index (χ4n) is 3.67. The number of benzene rings is 2. The number of aromatic nitrogens is 2. The summed E-state index contributed by atoms with van der Waals surface area (Å²) in [5, 5.41) is 12.1. The smallest absolute Gasteiger partial charge is 0.336 e. The molecule has 0 aliphatic carbocycles. The van der Waals surface area contributed by atoms with Crippen molar-refractivity contribution in [3.05, 3.63) is 86.6 Å². The Morgan fingerprint density at radius 2 is 1.67 bits per heavy atom. The van der Waals surface area contributed by atoms with Crippen LogP contribution in [0.1, 0.15) is 52.7 Å². The van der Waals surface area contributed by atoms with Crippen LogP contribution in [0.15, 0.2) is 59.5 Å². The van der Waals surface area contributed by atoms with Crippen molar-refractivity contribution in [1.29, 1.82) is 0 Å². The van der Waals surface area contributed by atoms with Gasteiger partial charge in [-0.2, -0.15) is 8.75 Å². The maximum Gasteiger partial charge on any atom is 0.336 e. The number of carbonyl (C=O) groups excluding carboxylic acids is 1. The third kappa shape index (κ3) is 4.94. The van der Waals surface area contributed by atoms with Gasteiger partial charge < -0.3 is 5.11 Å². The van der Waals surface area contributed by atoms with E-state index in [0.29, 0.717) is 21.5 Å². The third-order valence-electron chi connectivity index (χ3n) is 5.49. The molecule has 0 saturated heterocycles. The molecule has 2 aromatic heterocycles. The first-order chi connectivity index (χ1) is 15.6. The number of carbonyl (C=O) groups is 2. The largest absolute Gasteiger partial charge is 0.478 e. The van der Waals surface area contributed by atoms with Crippen molar-refractivity contribution in [2.75, 3.05) is 0 Å². The molecule has 0 spiro atoms. The summed E-state index contributed by atoms with van der Waals surface area (Å²) in [6.45, 7) is 8.34. The molecule has 0 atom stereocenters. The van der Waals surface area contributed by atoms with Crippen LogP contribution in [-0.2, 0) is 16.6 Å². The minimum Gasteiger partial charge on any atom is -0.478 e. The van der Waals surface area contributed by atoms with Crippen molar-refractivity contribution in [1.82, 2.24) is 8.75 Å². The fraction of sp³-hybridized carbons (Fsp3) is 0.231. The first-order valence-electron chi connectivity index (χ1n) is 10.5. The van der Waals surface area contributed by atoms with Crippen LogP contribution in [0.2, 0.25) is 0 Å². The Kier molecular flexibility index (Phi) is 6.28. The molecule has 0 aliphatic heterocycles. The number of Topliss-reactive ketones (excluding diaryl/α,β-unsaturated/α-hetero) is 1. The topological polar surface area (TPSA) is 80.2 Å². The Morgan fingerprint density at radius 3 is 2.27 bits per heavy atom. The quantitative estimate of drug-likeness (QED) is 0.260. The van der Waals surface area contributed by atoms with Gasteiger partial charge in [-0.1, -0.05) is 51.1 Å². The zero-order valence-corrected chi connectivity index (χ0v) is 20.5. The molecule has 5 nitrogen and oxygen atoms in total. The standard InChI is InChI=1S/C26H24N2O3S2/c1-15-11-22(32-14-15)24(29)19(12-16-5-8-18(9-6-16)26(2,3)4)23(25(30)31)17-7-10-20-21(13-17)28-33-27-20/h5-11,13-14H,12H2,1-4H3,(H,30,31). The number of hydrogen-bond donors (Lipinski definition) is 1. The van der Waals surface area contributed by atoms with Gasteiger partial charge in [-0.25, -0.2) is 4.79 Å². The van der Waals surface area contributed by atoms with Gasteiger partial charge in [-0.05, 0) is 58.2 Å². The van der Waals surface area contributed by atoms with Gasteiger partial charge in [0, 0.05) is 12.0 Å². The van der Waals surface area contributed by atoms with E-state index in [1.165, 1.54) is 16.9 Å². The summed E-state index contributed by atoms with van der Waals surface area (Å²) in [5.74, 6) is -1.40. The number of aliphatic carboxylic acids is 1. The van der Waals surface area contributed by atoms with Crippen LogP contribution in [0.25, 0.3) is 16.6 Å². The first-order valence-corrected chi connectivity index (χ1v) is 12.1. The lowest BCUT2D eigenvalue weighted by Crippen LogP contribution is -2.14. The van der Waals surface area contributed by atoms with E-state index in [0.717, 1.165) is 22.9 Å². The van der Waals surface area contributed by atoms with E-state index in [-0.39, 0.29) is 28.8 Å². The molecule has 33 heavy (non-hydrogen) atoms. The van der Waals surface area contributed by atoms with Crippen molar-refractivity contribution in [2.45, 2.75) is 39.5 Å².